The zero-order valence-corrected chi connectivity index (χ0v) is 15.3. The number of hydrogen-bond donors (Lipinski definition) is 1. The number of rotatable bonds is 5. The first kappa shape index (κ1) is 17.0. The van der Waals surface area contributed by atoms with Crippen molar-refractivity contribution in [1.29, 1.82) is 0 Å². The molecule has 0 aliphatic carbocycles. The second-order valence-electron chi connectivity index (χ2n) is 8.31. The van der Waals surface area contributed by atoms with Gasteiger partial charge in [-0.15, -0.1) is 0 Å². The molecule has 0 bridgehead atoms. The third kappa shape index (κ3) is 3.79. The topological polar surface area (TPSA) is 20.2 Å². The lowest BCUT2D eigenvalue weighted by molar-refractivity contribution is 0.0666. The fraction of sp³-hybridized carbons (Fsp3) is 0.391. The maximum Gasteiger partial charge on any atom is 0.0591 e. The summed E-state index contributed by atoms with van der Waals surface area (Å²) in [5.41, 5.74) is 0.921. The van der Waals surface area contributed by atoms with Crippen molar-refractivity contribution in [3.05, 3.63) is 60.2 Å². The average molecular weight is 320 g/mol. The van der Waals surface area contributed by atoms with E-state index in [-0.39, 0.29) is 5.41 Å². The molecule has 0 saturated carbocycles. The van der Waals surface area contributed by atoms with Crippen molar-refractivity contribution in [3.63, 3.8) is 0 Å². The molecule has 126 valence electrons. The zero-order valence-electron chi connectivity index (χ0n) is 15.3. The molecule has 0 aromatic heterocycles. The fourth-order valence-corrected chi connectivity index (χ4v) is 3.47. The summed E-state index contributed by atoms with van der Waals surface area (Å²) in [7, 11) is 0. The summed E-state index contributed by atoms with van der Waals surface area (Å²) in [6, 6.07) is 19.9. The Labute approximate surface area is 145 Å². The number of hydrogen-bond acceptors (Lipinski definition) is 1. The molecular formula is C23H28O. The van der Waals surface area contributed by atoms with Crippen LogP contribution in [0.15, 0.2) is 54.6 Å². The molecule has 0 fully saturated rings. The number of fused-ring (bicyclic) bond motifs is 2. The highest BCUT2D eigenvalue weighted by Gasteiger charge is 2.22. The molecule has 0 amide bonds. The standard InChI is InChI=1S/C23H28O/c1-22(2,12-7-13-23(3,4)24)21-11-10-19-14-17-8-5-6-9-18(17)15-20(19)16-21/h5-6,8-11,14-16,24H,7,12-13H2,1-4H3. The fourth-order valence-electron chi connectivity index (χ4n) is 3.47. The Bertz CT molecular complexity index is 853. The quantitative estimate of drug-likeness (QED) is 0.554. The molecule has 0 aliphatic heterocycles. The Morgan fingerprint density at radius 3 is 1.92 bits per heavy atom. The second kappa shape index (κ2) is 6.22. The molecule has 24 heavy (non-hydrogen) atoms. The normalized spacial score (nSPS) is 12.9. The van der Waals surface area contributed by atoms with E-state index in [9.17, 15) is 5.11 Å². The molecule has 0 atom stereocenters. The van der Waals surface area contributed by atoms with Gasteiger partial charge in [-0.1, -0.05) is 56.3 Å². The molecule has 3 aromatic rings. The molecule has 1 nitrogen and oxygen atoms in total. The van der Waals surface area contributed by atoms with Gasteiger partial charge in [-0.05, 0) is 77.8 Å². The first-order valence-electron chi connectivity index (χ1n) is 8.90. The van der Waals surface area contributed by atoms with Crippen LogP contribution >= 0.6 is 0 Å². The summed E-state index contributed by atoms with van der Waals surface area (Å²) in [4.78, 5) is 0. The van der Waals surface area contributed by atoms with E-state index in [1.807, 2.05) is 13.8 Å². The lowest BCUT2D eigenvalue weighted by Crippen LogP contribution is -2.22. The van der Waals surface area contributed by atoms with Crippen LogP contribution in [0.1, 0.15) is 52.5 Å². The summed E-state index contributed by atoms with van der Waals surface area (Å²) in [5.74, 6) is 0. The van der Waals surface area contributed by atoms with Gasteiger partial charge in [0.15, 0.2) is 0 Å². The van der Waals surface area contributed by atoms with E-state index in [0.29, 0.717) is 0 Å². The van der Waals surface area contributed by atoms with Gasteiger partial charge < -0.3 is 5.11 Å². The van der Waals surface area contributed by atoms with Crippen LogP contribution in [0, 0.1) is 0 Å². The molecule has 0 radical (unpaired) electrons. The summed E-state index contributed by atoms with van der Waals surface area (Å²) in [6.07, 6.45) is 2.96. The SMILES string of the molecule is CC(C)(O)CCCC(C)(C)c1ccc2cc3ccccc3cc2c1. The molecule has 3 aromatic carbocycles. The highest BCUT2D eigenvalue weighted by Crippen LogP contribution is 2.33. The van der Waals surface area contributed by atoms with E-state index in [2.05, 4.69) is 68.4 Å². The third-order valence-electron chi connectivity index (χ3n) is 5.08. The van der Waals surface area contributed by atoms with Crippen LogP contribution in [0.5, 0.6) is 0 Å². The van der Waals surface area contributed by atoms with E-state index < -0.39 is 5.60 Å². The predicted molar refractivity (Wildman–Crippen MR) is 105 cm³/mol. The van der Waals surface area contributed by atoms with Crippen LogP contribution in [-0.4, -0.2) is 10.7 Å². The van der Waals surface area contributed by atoms with Crippen molar-refractivity contribution in [3.8, 4) is 0 Å². The van der Waals surface area contributed by atoms with Crippen molar-refractivity contribution in [2.45, 2.75) is 58.0 Å². The second-order valence-corrected chi connectivity index (χ2v) is 8.31. The molecule has 0 heterocycles. The first-order valence-corrected chi connectivity index (χ1v) is 8.90. The van der Waals surface area contributed by atoms with Crippen molar-refractivity contribution < 1.29 is 5.11 Å². The molecule has 0 spiro atoms. The largest absolute Gasteiger partial charge is 0.390 e. The van der Waals surface area contributed by atoms with Crippen LogP contribution < -0.4 is 0 Å². The van der Waals surface area contributed by atoms with Crippen molar-refractivity contribution in [1.82, 2.24) is 0 Å². The highest BCUT2D eigenvalue weighted by molar-refractivity contribution is 5.98. The lowest BCUT2D eigenvalue weighted by Gasteiger charge is -2.27. The van der Waals surface area contributed by atoms with E-state index >= 15 is 0 Å². The summed E-state index contributed by atoms with van der Waals surface area (Å²) in [5, 5.41) is 15.1. The van der Waals surface area contributed by atoms with E-state index in [1.165, 1.54) is 27.1 Å². The Kier molecular flexibility index (Phi) is 4.40. The molecule has 1 N–H and O–H groups in total. The van der Waals surface area contributed by atoms with E-state index in [4.69, 9.17) is 0 Å². The number of aliphatic hydroxyl groups is 1. The maximum atomic E-state index is 9.93. The molecule has 0 unspecified atom stereocenters. The van der Waals surface area contributed by atoms with Gasteiger partial charge in [0, 0.05) is 0 Å². The molecule has 0 saturated heterocycles. The highest BCUT2D eigenvalue weighted by atomic mass is 16.3. The summed E-state index contributed by atoms with van der Waals surface area (Å²) < 4.78 is 0. The number of benzene rings is 3. The maximum absolute atomic E-state index is 9.93. The van der Waals surface area contributed by atoms with Crippen LogP contribution in [0.3, 0.4) is 0 Å². The van der Waals surface area contributed by atoms with Gasteiger partial charge in [-0.2, -0.15) is 0 Å². The van der Waals surface area contributed by atoms with Gasteiger partial charge in [0.1, 0.15) is 0 Å². The minimum Gasteiger partial charge on any atom is -0.390 e. The Morgan fingerprint density at radius 1 is 0.708 bits per heavy atom. The van der Waals surface area contributed by atoms with Crippen LogP contribution in [0.25, 0.3) is 21.5 Å². The van der Waals surface area contributed by atoms with Crippen LogP contribution in [0.4, 0.5) is 0 Å². The van der Waals surface area contributed by atoms with E-state index in [1.54, 1.807) is 0 Å². The molecular weight excluding hydrogens is 292 g/mol. The van der Waals surface area contributed by atoms with Gasteiger partial charge in [0.2, 0.25) is 0 Å². The van der Waals surface area contributed by atoms with Crippen molar-refractivity contribution in [2.24, 2.45) is 0 Å². The lowest BCUT2D eigenvalue weighted by atomic mass is 9.78. The minimum absolute atomic E-state index is 0.116. The average Bonchev–Trinajstić information content (AvgIpc) is 2.50. The van der Waals surface area contributed by atoms with Gasteiger partial charge in [0.25, 0.3) is 0 Å². The van der Waals surface area contributed by atoms with Gasteiger partial charge >= 0.3 is 0 Å². The summed E-state index contributed by atoms with van der Waals surface area (Å²) >= 11 is 0. The third-order valence-corrected chi connectivity index (χ3v) is 5.08. The Morgan fingerprint density at radius 2 is 1.29 bits per heavy atom. The van der Waals surface area contributed by atoms with Crippen molar-refractivity contribution in [2.75, 3.05) is 0 Å². The van der Waals surface area contributed by atoms with Crippen molar-refractivity contribution >= 4 is 21.5 Å². The van der Waals surface area contributed by atoms with Gasteiger partial charge in [-0.3, -0.25) is 0 Å². The Balaban J connectivity index is 1.90. The molecule has 3 rings (SSSR count). The minimum atomic E-state index is -0.571. The summed E-state index contributed by atoms with van der Waals surface area (Å²) in [6.45, 7) is 8.39. The van der Waals surface area contributed by atoms with Crippen LogP contribution in [0.2, 0.25) is 0 Å². The predicted octanol–water partition coefficient (Wildman–Crippen LogP) is 6.21. The molecule has 1 heteroatoms. The first-order chi connectivity index (χ1) is 11.2. The van der Waals surface area contributed by atoms with Gasteiger partial charge in [-0.25, -0.2) is 0 Å². The monoisotopic (exact) mass is 320 g/mol. The van der Waals surface area contributed by atoms with Crippen LogP contribution in [-0.2, 0) is 5.41 Å². The smallest absolute Gasteiger partial charge is 0.0591 e. The Hall–Kier alpha value is -1.86. The molecule has 0 aliphatic rings. The van der Waals surface area contributed by atoms with Gasteiger partial charge in [0.05, 0.1) is 5.60 Å². The van der Waals surface area contributed by atoms with E-state index in [0.717, 1.165) is 19.3 Å². The zero-order chi connectivity index (χ0) is 17.4.